The van der Waals surface area contributed by atoms with Crippen LogP contribution in [0.5, 0.6) is 0 Å². The molecular weight excluding hydrogens is 354 g/mol. The Hall–Kier alpha value is -2.40. The molecule has 0 N–H and O–H groups in total. The third-order valence-corrected chi connectivity index (χ3v) is 6.22. The van der Waals surface area contributed by atoms with E-state index in [9.17, 15) is 4.79 Å². The quantitative estimate of drug-likeness (QED) is 0.462. The van der Waals surface area contributed by atoms with E-state index >= 15 is 0 Å². The van der Waals surface area contributed by atoms with Gasteiger partial charge in [-0.3, -0.25) is 4.79 Å². The van der Waals surface area contributed by atoms with Crippen molar-refractivity contribution in [3.05, 3.63) is 63.7 Å². The first-order valence-corrected chi connectivity index (χ1v) is 9.98. The van der Waals surface area contributed by atoms with E-state index in [0.717, 1.165) is 49.9 Å². The number of aromatic nitrogens is 3. The predicted molar refractivity (Wildman–Crippen MR) is 112 cm³/mol. The van der Waals surface area contributed by atoms with Crippen LogP contribution in [0.4, 0.5) is 0 Å². The van der Waals surface area contributed by atoms with E-state index in [1.165, 1.54) is 11.8 Å². The maximum Gasteiger partial charge on any atom is 0.191 e. The molecule has 0 aliphatic rings. The summed E-state index contributed by atoms with van der Waals surface area (Å²) in [6.45, 7) is 10.2. The van der Waals surface area contributed by atoms with Gasteiger partial charge in [-0.2, -0.15) is 0 Å². The lowest BCUT2D eigenvalue weighted by Crippen LogP contribution is -2.10. The second-order valence-corrected chi connectivity index (χ2v) is 7.97. The van der Waals surface area contributed by atoms with Gasteiger partial charge in [-0.15, -0.1) is 10.2 Å². The van der Waals surface area contributed by atoms with Gasteiger partial charge in [0.05, 0.1) is 5.75 Å². The highest BCUT2D eigenvalue weighted by atomic mass is 32.2. The molecule has 0 saturated carbocycles. The van der Waals surface area contributed by atoms with E-state index in [1.54, 1.807) is 0 Å². The Morgan fingerprint density at radius 1 is 0.963 bits per heavy atom. The summed E-state index contributed by atoms with van der Waals surface area (Å²) >= 11 is 1.44. The monoisotopic (exact) mass is 379 g/mol. The highest BCUT2D eigenvalue weighted by Crippen LogP contribution is 2.27. The number of rotatable bonds is 5. The van der Waals surface area contributed by atoms with Gasteiger partial charge in [0.2, 0.25) is 0 Å². The fraction of sp³-hybridized carbons (Fsp3) is 0.318. The van der Waals surface area contributed by atoms with Crippen LogP contribution in [-0.4, -0.2) is 26.3 Å². The number of Topliss-reactive ketones (excluding diaryl/α,β-unsaturated/α-hetero) is 1. The molecule has 0 amide bonds. The van der Waals surface area contributed by atoms with Gasteiger partial charge in [0.1, 0.15) is 0 Å². The van der Waals surface area contributed by atoms with Crippen molar-refractivity contribution in [1.29, 1.82) is 0 Å². The Balaban J connectivity index is 1.83. The summed E-state index contributed by atoms with van der Waals surface area (Å²) < 4.78 is 1.96. The third-order valence-electron chi connectivity index (χ3n) is 5.20. The van der Waals surface area contributed by atoms with Crippen LogP contribution in [-0.2, 0) is 7.05 Å². The van der Waals surface area contributed by atoms with E-state index in [4.69, 9.17) is 0 Å². The van der Waals surface area contributed by atoms with Crippen molar-refractivity contribution in [2.24, 2.45) is 7.05 Å². The highest BCUT2D eigenvalue weighted by molar-refractivity contribution is 7.99. The van der Waals surface area contributed by atoms with Crippen molar-refractivity contribution in [3.63, 3.8) is 0 Å². The second kappa shape index (κ2) is 7.69. The predicted octanol–water partition coefficient (Wildman–Crippen LogP) is 5.00. The molecule has 0 radical (unpaired) electrons. The number of carbonyl (C=O) groups is 1. The maximum atomic E-state index is 12.9. The van der Waals surface area contributed by atoms with Gasteiger partial charge in [0, 0.05) is 18.2 Å². The number of thioether (sulfide) groups is 1. The van der Waals surface area contributed by atoms with E-state index in [0.29, 0.717) is 5.75 Å². The lowest BCUT2D eigenvalue weighted by atomic mass is 9.92. The molecule has 0 spiro atoms. The summed E-state index contributed by atoms with van der Waals surface area (Å²) in [5, 5.41) is 9.40. The molecule has 2 aromatic carbocycles. The number of benzene rings is 2. The molecule has 140 valence electrons. The lowest BCUT2D eigenvalue weighted by Gasteiger charge is -2.14. The van der Waals surface area contributed by atoms with Crippen molar-refractivity contribution in [2.75, 3.05) is 5.75 Å². The Labute approximate surface area is 165 Å². The first kappa shape index (κ1) is 19.4. The van der Waals surface area contributed by atoms with Gasteiger partial charge < -0.3 is 4.57 Å². The van der Waals surface area contributed by atoms with Crippen LogP contribution in [0.2, 0.25) is 0 Å². The molecule has 0 atom stereocenters. The molecule has 3 rings (SSSR count). The Kier molecular flexibility index (Phi) is 5.51. The largest absolute Gasteiger partial charge is 0.305 e. The third kappa shape index (κ3) is 3.69. The first-order chi connectivity index (χ1) is 12.8. The summed E-state index contributed by atoms with van der Waals surface area (Å²) in [6.07, 6.45) is 0. The molecule has 1 aromatic heterocycles. The zero-order valence-corrected chi connectivity index (χ0v) is 17.6. The minimum absolute atomic E-state index is 0.141. The fourth-order valence-corrected chi connectivity index (χ4v) is 4.12. The topological polar surface area (TPSA) is 47.8 Å². The van der Waals surface area contributed by atoms with Crippen LogP contribution in [0, 0.1) is 34.6 Å². The molecular formula is C22H25N3OS. The average molecular weight is 380 g/mol. The van der Waals surface area contributed by atoms with Crippen LogP contribution < -0.4 is 0 Å². The van der Waals surface area contributed by atoms with Crippen LogP contribution in [0.25, 0.3) is 11.4 Å². The van der Waals surface area contributed by atoms with Crippen LogP contribution >= 0.6 is 11.8 Å². The molecule has 0 unspecified atom stereocenters. The first-order valence-electron chi connectivity index (χ1n) is 9.00. The zero-order chi connectivity index (χ0) is 19.7. The Morgan fingerprint density at radius 3 is 2.22 bits per heavy atom. The van der Waals surface area contributed by atoms with Gasteiger partial charge >= 0.3 is 0 Å². The number of ketones is 1. The van der Waals surface area contributed by atoms with Gasteiger partial charge in [0.25, 0.3) is 0 Å². The van der Waals surface area contributed by atoms with Crippen LogP contribution in [0.15, 0.2) is 35.5 Å². The standard InChI is InChI=1S/C22H25N3OS/c1-13-9-7-8-10-18(13)21-23-24-22(25(21)6)27-12-19(26)20-16(4)14(2)11-15(3)17(20)5/h7-11H,12H2,1-6H3. The van der Waals surface area contributed by atoms with Crippen molar-refractivity contribution in [1.82, 2.24) is 14.8 Å². The van der Waals surface area contributed by atoms with Gasteiger partial charge in [0.15, 0.2) is 16.8 Å². The second-order valence-electron chi connectivity index (χ2n) is 7.03. The maximum absolute atomic E-state index is 12.9. The minimum atomic E-state index is 0.141. The van der Waals surface area contributed by atoms with Crippen molar-refractivity contribution in [3.8, 4) is 11.4 Å². The minimum Gasteiger partial charge on any atom is -0.305 e. The highest BCUT2D eigenvalue weighted by Gasteiger charge is 2.18. The number of nitrogens with zero attached hydrogens (tertiary/aromatic N) is 3. The molecule has 27 heavy (non-hydrogen) atoms. The van der Waals surface area contributed by atoms with E-state index in [1.807, 2.05) is 43.7 Å². The number of hydrogen-bond acceptors (Lipinski definition) is 4. The number of carbonyl (C=O) groups excluding carboxylic acids is 1. The van der Waals surface area contributed by atoms with Gasteiger partial charge in [-0.1, -0.05) is 42.1 Å². The van der Waals surface area contributed by atoms with Gasteiger partial charge in [-0.05, 0) is 62.4 Å². The smallest absolute Gasteiger partial charge is 0.191 e. The zero-order valence-electron chi connectivity index (χ0n) is 16.8. The fourth-order valence-electron chi connectivity index (χ4n) is 3.34. The van der Waals surface area contributed by atoms with E-state index in [-0.39, 0.29) is 5.78 Å². The molecule has 1 heterocycles. The molecule has 0 bridgehead atoms. The van der Waals surface area contributed by atoms with E-state index < -0.39 is 0 Å². The summed E-state index contributed by atoms with van der Waals surface area (Å²) in [4.78, 5) is 12.9. The molecule has 4 nitrogen and oxygen atoms in total. The van der Waals surface area contributed by atoms with Crippen LogP contribution in [0.1, 0.15) is 38.2 Å². The average Bonchev–Trinajstić information content (AvgIpc) is 2.99. The summed E-state index contributed by atoms with van der Waals surface area (Å²) in [5.41, 5.74) is 7.53. The molecule has 0 aliphatic carbocycles. The molecule has 3 aromatic rings. The SMILES string of the molecule is Cc1ccccc1-c1nnc(SCC(=O)c2c(C)c(C)cc(C)c2C)n1C. The molecule has 0 fully saturated rings. The van der Waals surface area contributed by atoms with Crippen LogP contribution in [0.3, 0.4) is 0 Å². The number of aryl methyl sites for hydroxylation is 3. The van der Waals surface area contributed by atoms with Crippen molar-refractivity contribution >= 4 is 17.5 Å². The summed E-state index contributed by atoms with van der Waals surface area (Å²) in [6, 6.07) is 10.3. The van der Waals surface area contributed by atoms with Crippen molar-refractivity contribution in [2.45, 2.75) is 39.8 Å². The normalized spacial score (nSPS) is 11.0. The summed E-state index contributed by atoms with van der Waals surface area (Å²) in [7, 11) is 1.95. The molecule has 0 saturated heterocycles. The molecule has 5 heteroatoms. The molecule has 0 aliphatic heterocycles. The Bertz CT molecular complexity index is 994. The van der Waals surface area contributed by atoms with E-state index in [2.05, 4.69) is 43.1 Å². The van der Waals surface area contributed by atoms with Crippen molar-refractivity contribution < 1.29 is 4.79 Å². The van der Waals surface area contributed by atoms with Gasteiger partial charge in [-0.25, -0.2) is 0 Å². The Morgan fingerprint density at radius 2 is 1.59 bits per heavy atom. The number of hydrogen-bond donors (Lipinski definition) is 0. The summed E-state index contributed by atoms with van der Waals surface area (Å²) in [5.74, 6) is 1.31. The lowest BCUT2D eigenvalue weighted by molar-refractivity contribution is 0.102.